The van der Waals surface area contributed by atoms with Gasteiger partial charge < -0.3 is 9.80 Å². The van der Waals surface area contributed by atoms with Gasteiger partial charge in [0.05, 0.1) is 5.69 Å². The summed E-state index contributed by atoms with van der Waals surface area (Å²) in [6, 6.07) is 33.3. The Hall–Kier alpha value is -5.86. The van der Waals surface area contributed by atoms with Gasteiger partial charge in [0.1, 0.15) is 0 Å². The number of hydrogen-bond donors (Lipinski definition) is 0. The molecule has 0 amide bonds. The predicted molar refractivity (Wildman–Crippen MR) is 228 cm³/mol. The lowest BCUT2D eigenvalue weighted by atomic mass is 9.73. The highest BCUT2D eigenvalue weighted by Gasteiger charge is 2.33. The van der Waals surface area contributed by atoms with E-state index in [1.807, 2.05) is 0 Å². The van der Waals surface area contributed by atoms with Gasteiger partial charge in [0.2, 0.25) is 0 Å². The van der Waals surface area contributed by atoms with Gasteiger partial charge in [0.15, 0.2) is 0 Å². The van der Waals surface area contributed by atoms with Crippen LogP contribution in [0.1, 0.15) is 56.1 Å². The first-order valence-electron chi connectivity index (χ1n) is 20.0. The molecule has 0 heterocycles. The highest BCUT2D eigenvalue weighted by molar-refractivity contribution is 5.97. The molecule has 0 fully saturated rings. The summed E-state index contributed by atoms with van der Waals surface area (Å²) in [5.74, 6) is 0.820. The van der Waals surface area contributed by atoms with Crippen LogP contribution >= 0.6 is 0 Å². The molecule has 10 rings (SSSR count). The van der Waals surface area contributed by atoms with Crippen molar-refractivity contribution in [1.29, 1.82) is 0 Å². The summed E-state index contributed by atoms with van der Waals surface area (Å²) in [7, 11) is 0. The number of para-hydroxylation sites is 2. The number of anilines is 3. The van der Waals surface area contributed by atoms with Crippen molar-refractivity contribution >= 4 is 33.9 Å². The third-order valence-electron chi connectivity index (χ3n) is 12.2. The molecule has 2 unspecified atom stereocenters. The molecule has 0 saturated heterocycles. The van der Waals surface area contributed by atoms with E-state index in [9.17, 15) is 0 Å². The van der Waals surface area contributed by atoms with E-state index >= 15 is 0 Å². The van der Waals surface area contributed by atoms with Crippen LogP contribution in [-0.4, -0.2) is 0 Å². The maximum absolute atomic E-state index is 2.58. The minimum atomic E-state index is 0.383. The van der Waals surface area contributed by atoms with Gasteiger partial charge in [0.25, 0.3) is 0 Å². The molecule has 4 aromatic rings. The summed E-state index contributed by atoms with van der Waals surface area (Å²) in [6.45, 7) is 0. The molecule has 6 aliphatic carbocycles. The van der Waals surface area contributed by atoms with Crippen molar-refractivity contribution < 1.29 is 0 Å². The van der Waals surface area contributed by atoms with Crippen LogP contribution < -0.4 is 9.80 Å². The van der Waals surface area contributed by atoms with Crippen LogP contribution in [-0.2, 0) is 6.42 Å². The fraction of sp³-hybridized carbons (Fsp3) is 0.192. The molecule has 0 aromatic heterocycles. The molecule has 2 heteroatoms. The smallest absolute Gasteiger partial charge is 0.0502 e. The van der Waals surface area contributed by atoms with E-state index in [-0.39, 0.29) is 0 Å². The van der Waals surface area contributed by atoms with Crippen LogP contribution in [0.4, 0.5) is 17.1 Å². The van der Waals surface area contributed by atoms with Gasteiger partial charge in [-0.25, -0.2) is 0 Å². The fourth-order valence-electron chi connectivity index (χ4n) is 9.58. The van der Waals surface area contributed by atoms with Gasteiger partial charge in [-0.05, 0) is 138 Å². The maximum Gasteiger partial charge on any atom is 0.0502 e. The van der Waals surface area contributed by atoms with E-state index < -0.39 is 0 Å². The number of allylic oxidation sites excluding steroid dienone is 18. The number of hydrogen-bond acceptors (Lipinski definition) is 2. The molecule has 0 spiro atoms. The largest absolute Gasteiger partial charge is 0.314 e. The van der Waals surface area contributed by atoms with Gasteiger partial charge in [-0.1, -0.05) is 127 Å². The Balaban J connectivity index is 1.00. The zero-order chi connectivity index (χ0) is 35.8. The van der Waals surface area contributed by atoms with E-state index in [2.05, 4.69) is 180 Å². The summed E-state index contributed by atoms with van der Waals surface area (Å²) in [6.07, 6.45) is 39.4. The molecule has 0 radical (unpaired) electrons. The Bertz CT molecular complexity index is 2440. The van der Waals surface area contributed by atoms with E-state index in [4.69, 9.17) is 0 Å². The van der Waals surface area contributed by atoms with Crippen LogP contribution in [0, 0.1) is 11.8 Å². The lowest BCUT2D eigenvalue weighted by molar-refractivity contribution is 0.607. The standard InChI is InChI=1S/C52H46N2/c1-3-17-41(18-4-1)53(51-35-39-15-7-9-21-45(39)47-23-11-13-25-49(47)51)43-31-27-37(28-32-43)38-29-33-44(34-30-38)54(42-19-5-2-6-20-42)52-36-40-16-8-10-22-46(40)48-24-12-14-26-50(48)52/h1-12,15-24,27,29,31,33,35-36,39,45H,13-14,25-26,28,30,32,34H2. The highest BCUT2D eigenvalue weighted by atomic mass is 15.2. The minimum absolute atomic E-state index is 0.383. The van der Waals surface area contributed by atoms with Crippen LogP contribution in [0.5, 0.6) is 0 Å². The third kappa shape index (κ3) is 5.91. The van der Waals surface area contributed by atoms with E-state index in [1.54, 1.807) is 0 Å². The topological polar surface area (TPSA) is 6.48 Å². The number of benzene rings is 4. The fourth-order valence-corrected chi connectivity index (χ4v) is 9.58. The lowest BCUT2D eigenvalue weighted by Crippen LogP contribution is -2.30. The maximum atomic E-state index is 2.58. The third-order valence-corrected chi connectivity index (χ3v) is 12.2. The molecule has 264 valence electrons. The van der Waals surface area contributed by atoms with Crippen molar-refractivity contribution in [3.05, 3.63) is 214 Å². The molecule has 0 aliphatic heterocycles. The molecule has 0 bridgehead atoms. The van der Waals surface area contributed by atoms with Gasteiger partial charge in [-0.15, -0.1) is 0 Å². The second kappa shape index (κ2) is 14.2. The normalized spacial score (nSPS) is 21.3. The number of fused-ring (bicyclic) bond motifs is 5. The monoisotopic (exact) mass is 698 g/mol. The Kier molecular flexibility index (Phi) is 8.60. The quantitative estimate of drug-likeness (QED) is 0.190. The molecule has 0 saturated carbocycles. The first-order chi connectivity index (χ1) is 26.8. The molecule has 4 aromatic carbocycles. The van der Waals surface area contributed by atoms with E-state index in [0.29, 0.717) is 11.8 Å². The first-order valence-corrected chi connectivity index (χ1v) is 20.0. The van der Waals surface area contributed by atoms with Crippen LogP contribution in [0.3, 0.4) is 0 Å². The van der Waals surface area contributed by atoms with Gasteiger partial charge in [0, 0.05) is 40.3 Å². The van der Waals surface area contributed by atoms with E-state index in [0.717, 1.165) is 51.4 Å². The van der Waals surface area contributed by atoms with Crippen LogP contribution in [0.15, 0.2) is 203 Å². The Morgan fingerprint density at radius 2 is 1.20 bits per heavy atom. The number of rotatable bonds is 7. The molecular formula is C52H46N2. The summed E-state index contributed by atoms with van der Waals surface area (Å²) < 4.78 is 0. The summed E-state index contributed by atoms with van der Waals surface area (Å²) in [5.41, 5.74) is 16.7. The van der Waals surface area contributed by atoms with Crippen molar-refractivity contribution in [2.45, 2.75) is 51.4 Å². The van der Waals surface area contributed by atoms with Crippen molar-refractivity contribution in [3.8, 4) is 0 Å². The molecular weight excluding hydrogens is 653 g/mol. The lowest BCUT2D eigenvalue weighted by Gasteiger charge is -2.40. The van der Waals surface area contributed by atoms with Crippen LogP contribution in [0.2, 0.25) is 0 Å². The van der Waals surface area contributed by atoms with Crippen molar-refractivity contribution in [3.63, 3.8) is 0 Å². The van der Waals surface area contributed by atoms with Gasteiger partial charge in [-0.3, -0.25) is 0 Å². The van der Waals surface area contributed by atoms with Gasteiger partial charge >= 0.3 is 0 Å². The van der Waals surface area contributed by atoms with Crippen molar-refractivity contribution in [1.82, 2.24) is 0 Å². The molecule has 54 heavy (non-hydrogen) atoms. The number of nitrogens with zero attached hydrogens (tertiary/aromatic N) is 2. The van der Waals surface area contributed by atoms with Crippen LogP contribution in [0.25, 0.3) is 16.8 Å². The molecule has 2 nitrogen and oxygen atoms in total. The van der Waals surface area contributed by atoms with Gasteiger partial charge in [-0.2, -0.15) is 0 Å². The highest BCUT2D eigenvalue weighted by Crippen LogP contribution is 2.47. The Labute approximate surface area is 320 Å². The first kappa shape index (κ1) is 32.8. The van der Waals surface area contributed by atoms with Crippen molar-refractivity contribution in [2.75, 3.05) is 9.80 Å². The summed E-state index contributed by atoms with van der Waals surface area (Å²) in [4.78, 5) is 5.13. The SMILES string of the molecule is C1=CC2C=C(N(C3=CC=C(C4=CC=C(N(c5ccccc5)c5cc6ccccc6c6c5CCC=C6)CC4)CC3)c3ccccc3)C3=C(C=CCC3)C2C=C1. The second-order valence-electron chi connectivity index (χ2n) is 15.3. The molecule has 0 N–H and O–H groups in total. The Morgan fingerprint density at radius 1 is 0.556 bits per heavy atom. The summed E-state index contributed by atoms with van der Waals surface area (Å²) in [5, 5.41) is 2.65. The molecule has 2 atom stereocenters. The minimum Gasteiger partial charge on any atom is -0.314 e. The second-order valence-corrected chi connectivity index (χ2v) is 15.3. The zero-order valence-electron chi connectivity index (χ0n) is 30.9. The Morgan fingerprint density at radius 3 is 1.94 bits per heavy atom. The van der Waals surface area contributed by atoms with E-state index in [1.165, 1.54) is 78.3 Å². The summed E-state index contributed by atoms with van der Waals surface area (Å²) >= 11 is 0. The molecule has 6 aliphatic rings. The predicted octanol–water partition coefficient (Wildman–Crippen LogP) is 13.6. The van der Waals surface area contributed by atoms with Crippen molar-refractivity contribution in [2.24, 2.45) is 11.8 Å². The average molecular weight is 699 g/mol. The zero-order valence-corrected chi connectivity index (χ0v) is 30.9. The average Bonchev–Trinajstić information content (AvgIpc) is 3.25.